The highest BCUT2D eigenvalue weighted by Gasteiger charge is 2.15. The summed E-state index contributed by atoms with van der Waals surface area (Å²) in [4.78, 5) is 10.9. The minimum atomic E-state index is -1.21. The number of nitrogens with two attached hydrogens (primary N) is 1. The van der Waals surface area contributed by atoms with Crippen LogP contribution in [0.3, 0.4) is 0 Å². The minimum Gasteiger partial charge on any atom is -0.476 e. The molecule has 0 bridgehead atoms. The average molecular weight is 307 g/mol. The first kappa shape index (κ1) is 12.1. The molecule has 0 saturated heterocycles. The Morgan fingerprint density at radius 2 is 2.28 bits per heavy atom. The molecule has 0 saturated carbocycles. The number of halogens is 1. The first-order chi connectivity index (χ1) is 8.52. The number of carboxylic acid groups (broad SMARTS) is 1. The third kappa shape index (κ3) is 2.06. The molecule has 7 heteroatoms. The van der Waals surface area contributed by atoms with Crippen LogP contribution in [0.5, 0.6) is 0 Å². The molecule has 1 aromatic heterocycles. The maximum Gasteiger partial charge on any atom is 0.358 e. The summed E-state index contributed by atoms with van der Waals surface area (Å²) >= 11 is 3.28. The van der Waals surface area contributed by atoms with Crippen molar-refractivity contribution in [1.29, 1.82) is 5.26 Å². The average Bonchev–Trinajstić information content (AvgIpc) is 2.71. The van der Waals surface area contributed by atoms with E-state index in [1.54, 1.807) is 18.2 Å². The van der Waals surface area contributed by atoms with Gasteiger partial charge in [-0.1, -0.05) is 15.9 Å². The Morgan fingerprint density at radius 3 is 2.83 bits per heavy atom. The summed E-state index contributed by atoms with van der Waals surface area (Å²) in [7, 11) is 0. The van der Waals surface area contributed by atoms with E-state index in [1.807, 2.05) is 6.07 Å². The van der Waals surface area contributed by atoms with Crippen LogP contribution in [0.4, 0.5) is 5.69 Å². The number of carboxylic acids is 1. The molecule has 2 rings (SSSR count). The molecule has 2 aromatic rings. The van der Waals surface area contributed by atoms with Gasteiger partial charge >= 0.3 is 5.97 Å². The van der Waals surface area contributed by atoms with Crippen molar-refractivity contribution in [2.75, 3.05) is 5.73 Å². The van der Waals surface area contributed by atoms with Gasteiger partial charge in [-0.25, -0.2) is 9.48 Å². The Balaban J connectivity index is 2.62. The summed E-state index contributed by atoms with van der Waals surface area (Å²) < 4.78 is 2.03. The van der Waals surface area contributed by atoms with Crippen molar-refractivity contribution in [2.45, 2.75) is 0 Å². The lowest BCUT2D eigenvalue weighted by Gasteiger charge is -2.04. The molecule has 1 aromatic carbocycles. The minimum absolute atomic E-state index is 0.0476. The Kier molecular flexibility index (Phi) is 3.04. The number of benzene rings is 1. The standard InChI is InChI=1S/C11H7BrN4O2/c12-7-2-1-6(4-13)9(3-7)16-5-8(14)10(15-16)11(17)18/h1-3,5H,14H2,(H,17,18). The smallest absolute Gasteiger partial charge is 0.358 e. The van der Waals surface area contributed by atoms with E-state index in [1.165, 1.54) is 10.9 Å². The van der Waals surface area contributed by atoms with Gasteiger partial charge in [0, 0.05) is 4.47 Å². The SMILES string of the molecule is N#Cc1ccc(Br)cc1-n1cc(N)c(C(=O)O)n1. The number of hydrogen-bond donors (Lipinski definition) is 2. The van der Waals surface area contributed by atoms with Gasteiger partial charge in [0.1, 0.15) is 6.07 Å². The van der Waals surface area contributed by atoms with E-state index in [9.17, 15) is 4.79 Å². The van der Waals surface area contributed by atoms with Crippen molar-refractivity contribution in [2.24, 2.45) is 0 Å². The molecule has 0 aliphatic carbocycles. The number of nitriles is 1. The Morgan fingerprint density at radius 1 is 1.56 bits per heavy atom. The maximum absolute atomic E-state index is 10.9. The van der Waals surface area contributed by atoms with Crippen LogP contribution in [0, 0.1) is 11.3 Å². The van der Waals surface area contributed by atoms with Crippen molar-refractivity contribution in [3.05, 3.63) is 40.1 Å². The number of aromatic carboxylic acids is 1. The van der Waals surface area contributed by atoms with Crippen LogP contribution in [0.15, 0.2) is 28.9 Å². The van der Waals surface area contributed by atoms with Gasteiger partial charge in [0.05, 0.1) is 23.1 Å². The summed E-state index contributed by atoms with van der Waals surface area (Å²) in [6.07, 6.45) is 1.37. The van der Waals surface area contributed by atoms with Gasteiger partial charge in [-0.2, -0.15) is 10.4 Å². The zero-order valence-electron chi connectivity index (χ0n) is 8.96. The van der Waals surface area contributed by atoms with E-state index in [-0.39, 0.29) is 11.4 Å². The van der Waals surface area contributed by atoms with Gasteiger partial charge in [-0.3, -0.25) is 0 Å². The van der Waals surface area contributed by atoms with Crippen LogP contribution in [0.1, 0.15) is 16.1 Å². The molecular formula is C11H7BrN4O2. The molecule has 3 N–H and O–H groups in total. The maximum atomic E-state index is 10.9. The highest BCUT2D eigenvalue weighted by Crippen LogP contribution is 2.21. The number of aromatic nitrogens is 2. The molecule has 0 spiro atoms. The number of hydrogen-bond acceptors (Lipinski definition) is 4. The second-order valence-electron chi connectivity index (χ2n) is 3.46. The molecule has 0 aliphatic rings. The predicted octanol–water partition coefficient (Wildman–Crippen LogP) is 1.79. The lowest BCUT2D eigenvalue weighted by molar-refractivity contribution is 0.0691. The highest BCUT2D eigenvalue weighted by molar-refractivity contribution is 9.10. The number of nitrogen functional groups attached to an aromatic ring is 1. The first-order valence-corrected chi connectivity index (χ1v) is 5.60. The fraction of sp³-hybridized carbons (Fsp3) is 0. The van der Waals surface area contributed by atoms with Crippen molar-refractivity contribution >= 4 is 27.6 Å². The quantitative estimate of drug-likeness (QED) is 0.880. The van der Waals surface area contributed by atoms with Crippen LogP contribution in [-0.4, -0.2) is 20.9 Å². The Labute approximate surface area is 110 Å². The zero-order valence-corrected chi connectivity index (χ0v) is 10.5. The van der Waals surface area contributed by atoms with Gasteiger partial charge in [0.25, 0.3) is 0 Å². The summed E-state index contributed by atoms with van der Waals surface area (Å²) in [6, 6.07) is 7.00. The second-order valence-corrected chi connectivity index (χ2v) is 4.37. The Bertz CT molecular complexity index is 672. The van der Waals surface area contributed by atoms with Crippen molar-refractivity contribution in [1.82, 2.24) is 9.78 Å². The van der Waals surface area contributed by atoms with Crippen LogP contribution in [0.2, 0.25) is 0 Å². The molecule has 0 unspecified atom stereocenters. The summed E-state index contributed by atoms with van der Waals surface area (Å²) in [5, 5.41) is 21.7. The lowest BCUT2D eigenvalue weighted by atomic mass is 10.2. The second kappa shape index (κ2) is 4.50. The molecule has 0 radical (unpaired) electrons. The van der Waals surface area contributed by atoms with Crippen LogP contribution < -0.4 is 5.73 Å². The van der Waals surface area contributed by atoms with E-state index in [4.69, 9.17) is 16.1 Å². The van der Waals surface area contributed by atoms with Gasteiger partial charge in [-0.05, 0) is 18.2 Å². The van der Waals surface area contributed by atoms with Crippen molar-refractivity contribution < 1.29 is 9.90 Å². The van der Waals surface area contributed by atoms with E-state index in [2.05, 4.69) is 21.0 Å². The van der Waals surface area contributed by atoms with E-state index < -0.39 is 5.97 Å². The molecule has 0 atom stereocenters. The number of carbonyl (C=O) groups is 1. The van der Waals surface area contributed by atoms with Gasteiger partial charge in [0.2, 0.25) is 0 Å². The van der Waals surface area contributed by atoms with Crippen LogP contribution >= 0.6 is 15.9 Å². The van der Waals surface area contributed by atoms with Gasteiger partial charge < -0.3 is 10.8 Å². The molecule has 0 fully saturated rings. The number of anilines is 1. The molecule has 0 aliphatic heterocycles. The van der Waals surface area contributed by atoms with Crippen LogP contribution in [-0.2, 0) is 0 Å². The van der Waals surface area contributed by atoms with E-state index in [0.29, 0.717) is 11.3 Å². The normalized spacial score (nSPS) is 10.0. The number of rotatable bonds is 2. The molecule has 1 heterocycles. The third-order valence-corrected chi connectivity index (χ3v) is 2.77. The van der Waals surface area contributed by atoms with E-state index >= 15 is 0 Å². The fourth-order valence-electron chi connectivity index (χ4n) is 1.47. The molecule has 90 valence electrons. The summed E-state index contributed by atoms with van der Waals surface area (Å²) in [6.45, 7) is 0. The summed E-state index contributed by atoms with van der Waals surface area (Å²) in [5.41, 5.74) is 6.20. The monoisotopic (exact) mass is 306 g/mol. The zero-order chi connectivity index (χ0) is 13.3. The van der Waals surface area contributed by atoms with Gasteiger partial charge in [0.15, 0.2) is 5.69 Å². The third-order valence-electron chi connectivity index (χ3n) is 2.27. The molecule has 6 nitrogen and oxygen atoms in total. The van der Waals surface area contributed by atoms with Crippen molar-refractivity contribution in [3.8, 4) is 11.8 Å². The summed E-state index contributed by atoms with van der Waals surface area (Å²) in [5.74, 6) is -1.21. The van der Waals surface area contributed by atoms with Crippen LogP contribution in [0.25, 0.3) is 5.69 Å². The first-order valence-electron chi connectivity index (χ1n) is 4.81. The predicted molar refractivity (Wildman–Crippen MR) is 67.4 cm³/mol. The molecule has 0 amide bonds. The topological polar surface area (TPSA) is 105 Å². The fourth-order valence-corrected chi connectivity index (χ4v) is 1.81. The van der Waals surface area contributed by atoms with Gasteiger partial charge in [-0.15, -0.1) is 0 Å². The number of nitrogens with zero attached hydrogens (tertiary/aromatic N) is 3. The Hall–Kier alpha value is -2.33. The highest BCUT2D eigenvalue weighted by atomic mass is 79.9. The lowest BCUT2D eigenvalue weighted by Crippen LogP contribution is -2.03. The molecular weight excluding hydrogens is 300 g/mol. The van der Waals surface area contributed by atoms with E-state index in [0.717, 1.165) is 4.47 Å². The van der Waals surface area contributed by atoms with Crippen molar-refractivity contribution in [3.63, 3.8) is 0 Å². The largest absolute Gasteiger partial charge is 0.476 e. The molecule has 18 heavy (non-hydrogen) atoms.